The number of hydrogen-bond donors (Lipinski definition) is 1. The lowest BCUT2D eigenvalue weighted by Gasteiger charge is -2.18. The molecule has 1 N–H and O–H groups in total. The normalized spacial score (nSPS) is 11.0. The third-order valence-electron chi connectivity index (χ3n) is 2.81. The van der Waals surface area contributed by atoms with Crippen LogP contribution < -0.4 is 5.32 Å². The number of anilines is 1. The van der Waals surface area contributed by atoms with Gasteiger partial charge in [0.25, 0.3) is 0 Å². The van der Waals surface area contributed by atoms with Crippen LogP contribution in [0.25, 0.3) is 0 Å². The lowest BCUT2D eigenvalue weighted by atomic mass is 10.4. The van der Waals surface area contributed by atoms with Gasteiger partial charge < -0.3 is 15.0 Å². The van der Waals surface area contributed by atoms with Crippen molar-refractivity contribution in [3.8, 4) is 0 Å². The number of nitrogens with zero attached hydrogens (tertiary/aromatic N) is 3. The summed E-state index contributed by atoms with van der Waals surface area (Å²) in [4.78, 5) is 10.8. The molecule has 0 aromatic carbocycles. The molecule has 1 rings (SSSR count). The smallest absolute Gasteiger partial charge is 0.158 e. The van der Waals surface area contributed by atoms with E-state index in [-0.39, 0.29) is 0 Å². The van der Waals surface area contributed by atoms with Gasteiger partial charge in [-0.2, -0.15) is 0 Å². The first kappa shape index (κ1) is 16.1. The minimum absolute atomic E-state index is 0.391. The maximum Gasteiger partial charge on any atom is 0.158 e. The molecule has 0 aliphatic heterocycles. The molecule has 0 spiro atoms. The summed E-state index contributed by atoms with van der Waals surface area (Å²) in [6, 6.07) is 1.74. The molecule has 108 valence electrons. The highest BCUT2D eigenvalue weighted by molar-refractivity contribution is 6.29. The zero-order valence-corrected chi connectivity index (χ0v) is 12.7. The van der Waals surface area contributed by atoms with E-state index in [1.807, 2.05) is 6.92 Å². The van der Waals surface area contributed by atoms with Gasteiger partial charge in [0.1, 0.15) is 17.6 Å². The highest BCUT2D eigenvalue weighted by atomic mass is 35.5. The second kappa shape index (κ2) is 9.07. The van der Waals surface area contributed by atoms with Crippen molar-refractivity contribution in [3.05, 3.63) is 17.0 Å². The summed E-state index contributed by atoms with van der Waals surface area (Å²) >= 11 is 5.97. The zero-order chi connectivity index (χ0) is 14.1. The predicted molar refractivity (Wildman–Crippen MR) is 78.6 cm³/mol. The summed E-state index contributed by atoms with van der Waals surface area (Å²) in [5.41, 5.74) is 0. The predicted octanol–water partition coefficient (Wildman–Crippen LogP) is 2.42. The van der Waals surface area contributed by atoms with Crippen molar-refractivity contribution in [2.45, 2.75) is 27.4 Å². The van der Waals surface area contributed by atoms with Gasteiger partial charge in [-0.3, -0.25) is 0 Å². The second-order valence-electron chi connectivity index (χ2n) is 4.08. The molecule has 0 aliphatic carbocycles. The third kappa shape index (κ3) is 6.18. The Labute approximate surface area is 120 Å². The average molecular weight is 287 g/mol. The van der Waals surface area contributed by atoms with Crippen LogP contribution in [0.4, 0.5) is 5.82 Å². The first-order chi connectivity index (χ1) is 9.19. The van der Waals surface area contributed by atoms with Crippen molar-refractivity contribution in [2.75, 3.05) is 38.1 Å². The monoisotopic (exact) mass is 286 g/mol. The van der Waals surface area contributed by atoms with Crippen LogP contribution in [0.2, 0.25) is 5.15 Å². The molecule has 0 amide bonds. The number of nitrogens with one attached hydrogen (secondary N) is 1. The van der Waals surface area contributed by atoms with E-state index in [2.05, 4.69) is 34.0 Å². The van der Waals surface area contributed by atoms with E-state index in [4.69, 9.17) is 16.3 Å². The summed E-state index contributed by atoms with van der Waals surface area (Å²) in [7, 11) is 0. The molecule has 6 heteroatoms. The third-order valence-corrected chi connectivity index (χ3v) is 3.00. The average Bonchev–Trinajstić information content (AvgIpc) is 2.41. The van der Waals surface area contributed by atoms with Gasteiger partial charge in [0, 0.05) is 25.8 Å². The van der Waals surface area contributed by atoms with Gasteiger partial charge in [-0.1, -0.05) is 25.4 Å². The van der Waals surface area contributed by atoms with Crippen LogP contribution in [0.5, 0.6) is 0 Å². The molecule has 0 aliphatic rings. The van der Waals surface area contributed by atoms with Crippen LogP contribution in [0, 0.1) is 0 Å². The Bertz CT molecular complexity index is 372. The van der Waals surface area contributed by atoms with Crippen LogP contribution in [0.1, 0.15) is 26.6 Å². The highest BCUT2D eigenvalue weighted by Gasteiger charge is 2.04. The van der Waals surface area contributed by atoms with Crippen LogP contribution in [0.15, 0.2) is 6.07 Å². The molecule has 19 heavy (non-hydrogen) atoms. The van der Waals surface area contributed by atoms with Crippen molar-refractivity contribution < 1.29 is 4.74 Å². The summed E-state index contributed by atoms with van der Waals surface area (Å²) in [6.07, 6.45) is 0. The van der Waals surface area contributed by atoms with E-state index in [0.717, 1.165) is 32.0 Å². The number of hydrogen-bond acceptors (Lipinski definition) is 5. The Kier molecular flexibility index (Phi) is 7.70. The molecule has 0 saturated carbocycles. The molecule has 1 aromatic heterocycles. The zero-order valence-electron chi connectivity index (χ0n) is 11.9. The van der Waals surface area contributed by atoms with Crippen LogP contribution in [-0.4, -0.2) is 47.7 Å². The van der Waals surface area contributed by atoms with Crippen LogP contribution in [0.3, 0.4) is 0 Å². The number of likely N-dealkylation sites (N-methyl/N-ethyl adjacent to an activating group) is 1. The molecule has 5 nitrogen and oxygen atoms in total. The van der Waals surface area contributed by atoms with Gasteiger partial charge in [-0.05, 0) is 20.0 Å². The molecule has 0 radical (unpaired) electrons. The fraction of sp³-hybridized carbons (Fsp3) is 0.692. The summed E-state index contributed by atoms with van der Waals surface area (Å²) in [6.45, 7) is 11.2. The maximum absolute atomic E-state index is 5.97. The summed E-state index contributed by atoms with van der Waals surface area (Å²) in [5, 5.41) is 3.71. The minimum atomic E-state index is 0.391. The van der Waals surface area contributed by atoms with Gasteiger partial charge in [0.2, 0.25) is 0 Å². The largest absolute Gasteiger partial charge is 0.374 e. The molecule has 1 aromatic rings. The molecular weight excluding hydrogens is 264 g/mol. The van der Waals surface area contributed by atoms with Gasteiger partial charge in [0.15, 0.2) is 5.82 Å². The van der Waals surface area contributed by atoms with E-state index >= 15 is 0 Å². The minimum Gasteiger partial charge on any atom is -0.374 e. The van der Waals surface area contributed by atoms with E-state index in [0.29, 0.717) is 24.2 Å². The number of rotatable bonds is 9. The first-order valence-corrected chi connectivity index (χ1v) is 7.14. The van der Waals surface area contributed by atoms with Gasteiger partial charge >= 0.3 is 0 Å². The Morgan fingerprint density at radius 3 is 2.63 bits per heavy atom. The SMILES string of the molecule is CCOCc1nc(Cl)cc(NCCN(CC)CC)n1. The number of aromatic nitrogens is 2. The Morgan fingerprint density at radius 2 is 2.00 bits per heavy atom. The topological polar surface area (TPSA) is 50.3 Å². The van der Waals surface area contributed by atoms with E-state index < -0.39 is 0 Å². The molecule has 0 unspecified atom stereocenters. The Balaban J connectivity index is 2.50. The summed E-state index contributed by atoms with van der Waals surface area (Å²) in [5.74, 6) is 1.36. The van der Waals surface area contributed by atoms with E-state index in [1.165, 1.54) is 0 Å². The van der Waals surface area contributed by atoms with Gasteiger partial charge in [-0.15, -0.1) is 0 Å². The van der Waals surface area contributed by atoms with Crippen molar-refractivity contribution in [3.63, 3.8) is 0 Å². The fourth-order valence-electron chi connectivity index (χ4n) is 1.70. The van der Waals surface area contributed by atoms with Crippen molar-refractivity contribution in [2.24, 2.45) is 0 Å². The molecule has 0 bridgehead atoms. The van der Waals surface area contributed by atoms with Crippen LogP contribution in [-0.2, 0) is 11.3 Å². The standard InChI is InChI=1S/C13H23ClN4O/c1-4-18(5-2)8-7-15-12-9-11(14)16-13(17-12)10-19-6-3/h9H,4-8,10H2,1-3H3,(H,15,16,17). The maximum atomic E-state index is 5.97. The number of ether oxygens (including phenoxy) is 1. The Hall–Kier alpha value is -0.910. The lowest BCUT2D eigenvalue weighted by molar-refractivity contribution is 0.128. The number of halogens is 1. The fourth-order valence-corrected chi connectivity index (χ4v) is 1.90. The second-order valence-corrected chi connectivity index (χ2v) is 4.47. The molecule has 0 atom stereocenters. The van der Waals surface area contributed by atoms with Crippen molar-refractivity contribution in [1.29, 1.82) is 0 Å². The molecule has 1 heterocycles. The van der Waals surface area contributed by atoms with Gasteiger partial charge in [0.05, 0.1) is 0 Å². The molecular formula is C13H23ClN4O. The summed E-state index contributed by atoms with van der Waals surface area (Å²) < 4.78 is 5.29. The Morgan fingerprint density at radius 1 is 1.26 bits per heavy atom. The van der Waals surface area contributed by atoms with E-state index in [9.17, 15) is 0 Å². The quantitative estimate of drug-likeness (QED) is 0.707. The first-order valence-electron chi connectivity index (χ1n) is 6.77. The molecule has 0 saturated heterocycles. The van der Waals surface area contributed by atoms with E-state index in [1.54, 1.807) is 6.07 Å². The highest BCUT2D eigenvalue weighted by Crippen LogP contribution is 2.12. The lowest BCUT2D eigenvalue weighted by Crippen LogP contribution is -2.28. The van der Waals surface area contributed by atoms with Crippen molar-refractivity contribution >= 4 is 17.4 Å². The van der Waals surface area contributed by atoms with Crippen molar-refractivity contribution in [1.82, 2.24) is 14.9 Å². The van der Waals surface area contributed by atoms with Gasteiger partial charge in [-0.25, -0.2) is 9.97 Å². The molecule has 0 fully saturated rings. The van der Waals surface area contributed by atoms with Crippen LogP contribution >= 0.6 is 11.6 Å².